The molecule has 0 spiro atoms. The highest BCUT2D eigenvalue weighted by molar-refractivity contribution is 7.14. The first kappa shape index (κ1) is 10.8. The maximum Gasteiger partial charge on any atom is 0.137 e. The van der Waals surface area contributed by atoms with Crippen LogP contribution in [0.25, 0.3) is 16.9 Å². The lowest BCUT2D eigenvalue weighted by atomic mass is 10.3. The molecule has 0 radical (unpaired) electrons. The molecule has 0 aliphatic rings. The monoisotopic (exact) mass is 263 g/mol. The van der Waals surface area contributed by atoms with Crippen molar-refractivity contribution in [2.45, 2.75) is 6.54 Å². The fraction of sp³-hybridized carbons (Fsp3) is 0.0833. The average molecular weight is 264 g/mol. The van der Waals surface area contributed by atoms with Crippen molar-refractivity contribution < 1.29 is 0 Å². The van der Waals surface area contributed by atoms with E-state index in [1.165, 1.54) is 11.3 Å². The molecule has 3 aromatic heterocycles. The van der Waals surface area contributed by atoms with Crippen LogP contribution in [0.3, 0.4) is 0 Å². The van der Waals surface area contributed by atoms with E-state index in [9.17, 15) is 0 Å². The minimum Gasteiger partial charge on any atom is -0.326 e. The van der Waals surface area contributed by atoms with Gasteiger partial charge in [0, 0.05) is 29.9 Å². The number of hydrogen-bond acceptors (Lipinski definition) is 3. The number of rotatable bonds is 2. The molecular formula is C12H10ClN3S. The highest BCUT2D eigenvalue weighted by Gasteiger charge is 2.06. The first-order valence-electron chi connectivity index (χ1n) is 5.18. The van der Waals surface area contributed by atoms with Crippen LogP contribution in [-0.4, -0.2) is 9.38 Å². The van der Waals surface area contributed by atoms with Gasteiger partial charge in [0.05, 0.1) is 10.0 Å². The second kappa shape index (κ2) is 4.14. The Morgan fingerprint density at radius 1 is 1.41 bits per heavy atom. The second-order valence-corrected chi connectivity index (χ2v) is 5.31. The molecule has 0 atom stereocenters. The van der Waals surface area contributed by atoms with Crippen LogP contribution in [-0.2, 0) is 6.54 Å². The summed E-state index contributed by atoms with van der Waals surface area (Å²) >= 11 is 7.44. The van der Waals surface area contributed by atoms with E-state index < -0.39 is 0 Å². The molecule has 3 heterocycles. The Bertz CT molecular complexity index is 671. The van der Waals surface area contributed by atoms with E-state index >= 15 is 0 Å². The van der Waals surface area contributed by atoms with E-state index in [0.29, 0.717) is 6.54 Å². The number of halogens is 1. The fourth-order valence-electron chi connectivity index (χ4n) is 1.73. The van der Waals surface area contributed by atoms with Gasteiger partial charge in [0.1, 0.15) is 5.65 Å². The maximum atomic E-state index is 5.92. The number of pyridine rings is 1. The normalized spacial score (nSPS) is 11.2. The third kappa shape index (κ3) is 1.95. The largest absolute Gasteiger partial charge is 0.326 e. The molecule has 0 bridgehead atoms. The predicted octanol–water partition coefficient (Wildman–Crippen LogP) is 3.17. The summed E-state index contributed by atoms with van der Waals surface area (Å²) in [7, 11) is 0. The van der Waals surface area contributed by atoms with Gasteiger partial charge >= 0.3 is 0 Å². The molecule has 0 saturated carbocycles. The summed E-state index contributed by atoms with van der Waals surface area (Å²) < 4.78 is 2.76. The molecular weight excluding hydrogens is 254 g/mol. The van der Waals surface area contributed by atoms with Crippen molar-refractivity contribution in [2.75, 3.05) is 0 Å². The summed E-state index contributed by atoms with van der Waals surface area (Å²) in [6.45, 7) is 0.531. The molecule has 0 unspecified atom stereocenters. The maximum absolute atomic E-state index is 5.92. The molecule has 0 aromatic carbocycles. The van der Waals surface area contributed by atoms with Crippen molar-refractivity contribution in [3.8, 4) is 11.3 Å². The van der Waals surface area contributed by atoms with Gasteiger partial charge in [-0.1, -0.05) is 11.6 Å². The van der Waals surface area contributed by atoms with Crippen LogP contribution >= 0.6 is 22.9 Å². The average Bonchev–Trinajstić information content (AvgIpc) is 2.93. The molecule has 5 heteroatoms. The quantitative estimate of drug-likeness (QED) is 0.772. The van der Waals surface area contributed by atoms with E-state index in [1.807, 2.05) is 40.4 Å². The molecule has 17 heavy (non-hydrogen) atoms. The SMILES string of the molecule is NCc1ccn2cc(-c3csc(Cl)c3)nc2c1. The van der Waals surface area contributed by atoms with Crippen LogP contribution in [0.1, 0.15) is 5.56 Å². The van der Waals surface area contributed by atoms with Crippen molar-refractivity contribution in [3.63, 3.8) is 0 Å². The third-order valence-corrected chi connectivity index (χ3v) is 3.71. The summed E-state index contributed by atoms with van der Waals surface area (Å²) in [6.07, 6.45) is 3.97. The third-order valence-electron chi connectivity index (χ3n) is 2.62. The molecule has 0 amide bonds. The van der Waals surface area contributed by atoms with Crippen molar-refractivity contribution >= 4 is 28.6 Å². The Labute approximate surface area is 107 Å². The number of hydrogen-bond donors (Lipinski definition) is 1. The second-order valence-electron chi connectivity index (χ2n) is 3.77. The van der Waals surface area contributed by atoms with Gasteiger partial charge in [-0.25, -0.2) is 4.98 Å². The lowest BCUT2D eigenvalue weighted by molar-refractivity contribution is 1.05. The molecule has 3 aromatic rings. The standard InChI is InChI=1S/C12H10ClN3S/c13-11-4-9(7-17-11)10-6-16-2-1-8(5-14)3-12(16)15-10/h1-4,6-7H,5,14H2. The highest BCUT2D eigenvalue weighted by atomic mass is 35.5. The number of thiophene rings is 1. The van der Waals surface area contributed by atoms with Crippen LogP contribution in [0.4, 0.5) is 0 Å². The molecule has 0 fully saturated rings. The Morgan fingerprint density at radius 2 is 2.29 bits per heavy atom. The molecule has 0 aliphatic heterocycles. The Kier molecular flexibility index (Phi) is 2.63. The van der Waals surface area contributed by atoms with Gasteiger partial charge in [0.15, 0.2) is 0 Å². The van der Waals surface area contributed by atoms with Gasteiger partial charge < -0.3 is 10.1 Å². The van der Waals surface area contributed by atoms with E-state index in [4.69, 9.17) is 17.3 Å². The van der Waals surface area contributed by atoms with Crippen LogP contribution in [0.5, 0.6) is 0 Å². The Balaban J connectivity index is 2.13. The summed E-state index contributed by atoms with van der Waals surface area (Å²) in [6, 6.07) is 5.92. The van der Waals surface area contributed by atoms with Crippen LogP contribution < -0.4 is 5.73 Å². The zero-order chi connectivity index (χ0) is 11.8. The topological polar surface area (TPSA) is 43.3 Å². The fourth-order valence-corrected chi connectivity index (χ4v) is 2.61. The van der Waals surface area contributed by atoms with Crippen molar-refractivity contribution in [3.05, 3.63) is 45.9 Å². The lowest BCUT2D eigenvalue weighted by Crippen LogP contribution is -1.96. The number of imidazole rings is 1. The van der Waals surface area contributed by atoms with Gasteiger partial charge in [0.25, 0.3) is 0 Å². The van der Waals surface area contributed by atoms with Gasteiger partial charge in [-0.15, -0.1) is 11.3 Å². The van der Waals surface area contributed by atoms with Crippen LogP contribution in [0.2, 0.25) is 4.34 Å². The lowest BCUT2D eigenvalue weighted by Gasteiger charge is -1.96. The molecule has 3 nitrogen and oxygen atoms in total. The molecule has 86 valence electrons. The van der Waals surface area contributed by atoms with Gasteiger partial charge in [-0.3, -0.25) is 0 Å². The minimum absolute atomic E-state index is 0.531. The number of fused-ring (bicyclic) bond motifs is 1. The zero-order valence-electron chi connectivity index (χ0n) is 8.93. The summed E-state index contributed by atoms with van der Waals surface area (Å²) in [5.74, 6) is 0. The molecule has 0 aliphatic carbocycles. The van der Waals surface area contributed by atoms with E-state index in [2.05, 4.69) is 4.98 Å². The van der Waals surface area contributed by atoms with Crippen LogP contribution in [0, 0.1) is 0 Å². The smallest absolute Gasteiger partial charge is 0.137 e. The van der Waals surface area contributed by atoms with Crippen molar-refractivity contribution in [1.29, 1.82) is 0 Å². The first-order valence-corrected chi connectivity index (χ1v) is 6.44. The molecule has 3 rings (SSSR count). The van der Waals surface area contributed by atoms with Crippen molar-refractivity contribution in [1.82, 2.24) is 9.38 Å². The number of nitrogens with zero attached hydrogens (tertiary/aromatic N) is 2. The summed E-state index contributed by atoms with van der Waals surface area (Å²) in [5, 5.41) is 2.01. The number of nitrogens with two attached hydrogens (primary N) is 1. The van der Waals surface area contributed by atoms with E-state index in [1.54, 1.807) is 0 Å². The van der Waals surface area contributed by atoms with Crippen molar-refractivity contribution in [2.24, 2.45) is 5.73 Å². The van der Waals surface area contributed by atoms with Crippen LogP contribution in [0.15, 0.2) is 36.0 Å². The minimum atomic E-state index is 0.531. The summed E-state index contributed by atoms with van der Waals surface area (Å²) in [4.78, 5) is 4.56. The Hall–Kier alpha value is -1.36. The first-order chi connectivity index (χ1) is 8.26. The zero-order valence-corrected chi connectivity index (χ0v) is 10.5. The summed E-state index contributed by atoms with van der Waals surface area (Å²) in [5.41, 5.74) is 9.58. The van der Waals surface area contributed by atoms with E-state index in [-0.39, 0.29) is 0 Å². The van der Waals surface area contributed by atoms with E-state index in [0.717, 1.165) is 26.8 Å². The molecule has 2 N–H and O–H groups in total. The number of aromatic nitrogens is 2. The predicted molar refractivity (Wildman–Crippen MR) is 71.4 cm³/mol. The highest BCUT2D eigenvalue weighted by Crippen LogP contribution is 2.28. The van der Waals surface area contributed by atoms with Gasteiger partial charge in [0.2, 0.25) is 0 Å². The molecule has 0 saturated heterocycles. The Morgan fingerprint density at radius 3 is 3.00 bits per heavy atom. The van der Waals surface area contributed by atoms with Gasteiger partial charge in [-0.2, -0.15) is 0 Å². The van der Waals surface area contributed by atoms with Gasteiger partial charge in [-0.05, 0) is 23.8 Å².